The third-order valence-electron chi connectivity index (χ3n) is 5.60. The summed E-state index contributed by atoms with van der Waals surface area (Å²) >= 11 is 0. The summed E-state index contributed by atoms with van der Waals surface area (Å²) in [5.74, 6) is -3.35. The van der Waals surface area contributed by atoms with Crippen molar-refractivity contribution >= 4 is 5.97 Å². The zero-order valence-corrected chi connectivity index (χ0v) is 19.3. The van der Waals surface area contributed by atoms with Crippen LogP contribution in [0.1, 0.15) is 29.8 Å². The summed E-state index contributed by atoms with van der Waals surface area (Å²) in [6.07, 6.45) is 0.856. The Bertz CT molecular complexity index is 1350. The normalized spacial score (nSPS) is 10.8. The summed E-state index contributed by atoms with van der Waals surface area (Å²) in [6.45, 7) is 4.17. The van der Waals surface area contributed by atoms with Gasteiger partial charge in [0.1, 0.15) is 5.75 Å². The predicted octanol–water partition coefficient (Wildman–Crippen LogP) is 7.62. The van der Waals surface area contributed by atoms with Crippen LogP contribution in [0.25, 0.3) is 22.3 Å². The molecule has 4 aromatic rings. The molecule has 0 radical (unpaired) electrons. The molecule has 0 fully saturated rings. The van der Waals surface area contributed by atoms with Crippen molar-refractivity contribution in [1.82, 2.24) is 0 Å². The first-order valence-electron chi connectivity index (χ1n) is 11.2. The van der Waals surface area contributed by atoms with Crippen LogP contribution >= 0.6 is 0 Å². The lowest BCUT2D eigenvalue weighted by Crippen LogP contribution is -2.09. The Morgan fingerprint density at radius 1 is 0.743 bits per heavy atom. The molecule has 6 heteroatoms. The number of carbonyl (C=O) groups is 1. The number of halogens is 3. The molecule has 0 bridgehead atoms. The van der Waals surface area contributed by atoms with E-state index in [1.54, 1.807) is 19.1 Å². The maximum atomic E-state index is 14.9. The first kappa shape index (κ1) is 24.1. The molecule has 0 aromatic heterocycles. The number of hydrogen-bond donors (Lipinski definition) is 0. The average molecular weight is 476 g/mol. The van der Waals surface area contributed by atoms with Crippen LogP contribution in [0, 0.1) is 17.5 Å². The van der Waals surface area contributed by atoms with Gasteiger partial charge in [-0.1, -0.05) is 55.5 Å². The molecule has 178 valence electrons. The average Bonchev–Trinajstić information content (AvgIpc) is 2.87. The summed E-state index contributed by atoms with van der Waals surface area (Å²) < 4.78 is 54.3. The van der Waals surface area contributed by atoms with Crippen LogP contribution in [0.3, 0.4) is 0 Å². The number of ether oxygens (including phenoxy) is 2. The molecule has 0 N–H and O–H groups in total. The number of hydrogen-bond acceptors (Lipinski definition) is 3. The van der Waals surface area contributed by atoms with Crippen molar-refractivity contribution in [2.75, 3.05) is 6.61 Å². The van der Waals surface area contributed by atoms with Crippen molar-refractivity contribution in [3.8, 4) is 33.8 Å². The van der Waals surface area contributed by atoms with Crippen molar-refractivity contribution < 1.29 is 27.4 Å². The zero-order chi connectivity index (χ0) is 24.9. The van der Waals surface area contributed by atoms with E-state index in [0.29, 0.717) is 23.5 Å². The molecule has 0 aliphatic rings. The van der Waals surface area contributed by atoms with E-state index in [-0.39, 0.29) is 22.4 Å². The van der Waals surface area contributed by atoms with Crippen molar-refractivity contribution in [2.24, 2.45) is 0 Å². The standard InChI is InChI=1S/C29H23F3O3/c1-3-18-5-7-19(8-6-18)23-14-15-24(28(32)27(23)31)20-9-11-21(12-10-20)29(33)35-26-16-13-22(34-4-2)17-25(26)30/h5-17H,3-4H2,1-2H3. The second-order valence-electron chi connectivity index (χ2n) is 7.83. The molecule has 0 aliphatic carbocycles. The number of aryl methyl sites for hydroxylation is 1. The predicted molar refractivity (Wildman–Crippen MR) is 129 cm³/mol. The van der Waals surface area contributed by atoms with Gasteiger partial charge in [-0.05, 0) is 54.3 Å². The SMILES string of the molecule is CCOc1ccc(OC(=O)c2ccc(-c3ccc(-c4ccc(CC)cc4)c(F)c3F)cc2)c(F)c1. The topological polar surface area (TPSA) is 35.5 Å². The van der Waals surface area contributed by atoms with Gasteiger partial charge in [-0.2, -0.15) is 0 Å². The minimum atomic E-state index is -0.978. The fourth-order valence-electron chi connectivity index (χ4n) is 3.68. The monoisotopic (exact) mass is 476 g/mol. The lowest BCUT2D eigenvalue weighted by molar-refractivity contribution is 0.0727. The maximum absolute atomic E-state index is 14.9. The Labute approximate surface area is 201 Å². The fourth-order valence-corrected chi connectivity index (χ4v) is 3.68. The van der Waals surface area contributed by atoms with Gasteiger partial charge in [0.25, 0.3) is 0 Å². The fraction of sp³-hybridized carbons (Fsp3) is 0.138. The summed E-state index contributed by atoms with van der Waals surface area (Å²) in [5.41, 5.74) is 2.45. The van der Waals surface area contributed by atoms with Crippen LogP contribution in [0.4, 0.5) is 13.2 Å². The van der Waals surface area contributed by atoms with Gasteiger partial charge in [0.15, 0.2) is 23.2 Å². The second-order valence-corrected chi connectivity index (χ2v) is 7.83. The van der Waals surface area contributed by atoms with Gasteiger partial charge in [0, 0.05) is 17.2 Å². The van der Waals surface area contributed by atoms with Gasteiger partial charge in [-0.15, -0.1) is 0 Å². The van der Waals surface area contributed by atoms with Crippen LogP contribution < -0.4 is 9.47 Å². The number of esters is 1. The maximum Gasteiger partial charge on any atom is 0.343 e. The lowest BCUT2D eigenvalue weighted by atomic mass is 9.97. The minimum Gasteiger partial charge on any atom is -0.494 e. The minimum absolute atomic E-state index is 0.0638. The quantitative estimate of drug-likeness (QED) is 0.203. The Morgan fingerprint density at radius 2 is 1.31 bits per heavy atom. The van der Waals surface area contributed by atoms with Gasteiger partial charge in [0.05, 0.1) is 12.2 Å². The van der Waals surface area contributed by atoms with E-state index in [4.69, 9.17) is 9.47 Å². The highest BCUT2D eigenvalue weighted by Crippen LogP contribution is 2.32. The van der Waals surface area contributed by atoms with E-state index in [0.717, 1.165) is 18.1 Å². The summed E-state index contributed by atoms with van der Waals surface area (Å²) in [6, 6.07) is 20.1. The van der Waals surface area contributed by atoms with Gasteiger partial charge in [-0.25, -0.2) is 18.0 Å². The van der Waals surface area contributed by atoms with E-state index in [1.165, 1.54) is 48.5 Å². The first-order valence-corrected chi connectivity index (χ1v) is 11.2. The van der Waals surface area contributed by atoms with E-state index in [1.807, 2.05) is 19.1 Å². The highest BCUT2D eigenvalue weighted by molar-refractivity contribution is 5.91. The van der Waals surface area contributed by atoms with Crippen molar-refractivity contribution in [2.45, 2.75) is 20.3 Å². The van der Waals surface area contributed by atoms with Crippen molar-refractivity contribution in [3.63, 3.8) is 0 Å². The van der Waals surface area contributed by atoms with Crippen LogP contribution in [0.2, 0.25) is 0 Å². The third kappa shape index (κ3) is 5.22. The number of rotatable bonds is 7. The van der Waals surface area contributed by atoms with E-state index in [2.05, 4.69) is 0 Å². The summed E-state index contributed by atoms with van der Waals surface area (Å²) in [7, 11) is 0. The van der Waals surface area contributed by atoms with Gasteiger partial charge in [0.2, 0.25) is 0 Å². The molecule has 0 aliphatic heterocycles. The highest BCUT2D eigenvalue weighted by Gasteiger charge is 2.17. The number of benzene rings is 4. The second kappa shape index (κ2) is 10.5. The van der Waals surface area contributed by atoms with Gasteiger partial charge in [-0.3, -0.25) is 0 Å². The van der Waals surface area contributed by atoms with Crippen LogP contribution in [-0.4, -0.2) is 12.6 Å². The molecular weight excluding hydrogens is 453 g/mol. The first-order chi connectivity index (χ1) is 16.9. The molecule has 0 atom stereocenters. The molecule has 35 heavy (non-hydrogen) atoms. The largest absolute Gasteiger partial charge is 0.494 e. The van der Waals surface area contributed by atoms with E-state index in [9.17, 15) is 18.0 Å². The Hall–Kier alpha value is -4.06. The van der Waals surface area contributed by atoms with Crippen molar-refractivity contribution in [3.05, 3.63) is 107 Å². The lowest BCUT2D eigenvalue weighted by Gasteiger charge is -2.11. The van der Waals surface area contributed by atoms with Crippen LogP contribution in [-0.2, 0) is 6.42 Å². The molecule has 0 spiro atoms. The molecule has 0 saturated carbocycles. The Morgan fingerprint density at radius 3 is 1.83 bits per heavy atom. The third-order valence-corrected chi connectivity index (χ3v) is 5.60. The smallest absolute Gasteiger partial charge is 0.343 e. The van der Waals surface area contributed by atoms with E-state index >= 15 is 0 Å². The summed E-state index contributed by atoms with van der Waals surface area (Å²) in [4.78, 5) is 12.4. The van der Waals surface area contributed by atoms with Gasteiger partial charge < -0.3 is 9.47 Å². The molecule has 3 nitrogen and oxygen atoms in total. The van der Waals surface area contributed by atoms with Crippen LogP contribution in [0.5, 0.6) is 11.5 Å². The number of carbonyl (C=O) groups excluding carboxylic acids is 1. The van der Waals surface area contributed by atoms with Crippen LogP contribution in [0.15, 0.2) is 78.9 Å². The Kier molecular flexibility index (Phi) is 7.20. The Balaban J connectivity index is 1.53. The molecule has 0 saturated heterocycles. The summed E-state index contributed by atoms with van der Waals surface area (Å²) in [5, 5.41) is 0. The zero-order valence-electron chi connectivity index (χ0n) is 19.3. The molecule has 0 unspecified atom stereocenters. The molecule has 0 amide bonds. The molecule has 4 aromatic carbocycles. The molecule has 0 heterocycles. The highest BCUT2D eigenvalue weighted by atomic mass is 19.2. The van der Waals surface area contributed by atoms with Gasteiger partial charge >= 0.3 is 5.97 Å². The van der Waals surface area contributed by atoms with Crippen molar-refractivity contribution in [1.29, 1.82) is 0 Å². The molecular formula is C29H23F3O3. The van der Waals surface area contributed by atoms with E-state index < -0.39 is 23.4 Å². The molecule has 4 rings (SSSR count).